The number of hydrogen-bond donors (Lipinski definition) is 3. The van der Waals surface area contributed by atoms with E-state index in [4.69, 9.17) is 5.73 Å². The zero-order valence-corrected chi connectivity index (χ0v) is 13.9. The van der Waals surface area contributed by atoms with Crippen LogP contribution in [0, 0.1) is 0 Å². The van der Waals surface area contributed by atoms with Gasteiger partial charge in [-0.05, 0) is 24.1 Å². The van der Waals surface area contributed by atoms with Crippen LogP contribution in [0.25, 0.3) is 0 Å². The number of piperazine rings is 1. The first-order chi connectivity index (χ1) is 11.5. The highest BCUT2D eigenvalue weighted by Gasteiger charge is 2.22. The molecule has 1 aromatic rings. The molecule has 1 atom stereocenters. The molecule has 4 N–H and O–H groups in total. The van der Waals surface area contributed by atoms with Crippen LogP contribution in [-0.2, 0) is 16.1 Å². The minimum absolute atomic E-state index is 0.0892. The third kappa shape index (κ3) is 4.79. The Kier molecular flexibility index (Phi) is 6.31. The number of nitrogens with one attached hydrogen (secondary N) is 2. The van der Waals surface area contributed by atoms with Crippen molar-refractivity contribution in [1.29, 1.82) is 0 Å². The van der Waals surface area contributed by atoms with Gasteiger partial charge in [-0.25, -0.2) is 0 Å². The van der Waals surface area contributed by atoms with Gasteiger partial charge in [-0.2, -0.15) is 0 Å². The monoisotopic (exact) mass is 332 g/mol. The molecular formula is C17H24N4O3. The summed E-state index contributed by atoms with van der Waals surface area (Å²) in [5.74, 6) is -0.473. The summed E-state index contributed by atoms with van der Waals surface area (Å²) in [7, 11) is 0. The summed E-state index contributed by atoms with van der Waals surface area (Å²) in [5.41, 5.74) is 7.17. The lowest BCUT2D eigenvalue weighted by atomic mass is 10.1. The third-order valence-corrected chi connectivity index (χ3v) is 3.93. The van der Waals surface area contributed by atoms with Crippen LogP contribution in [0.5, 0.6) is 0 Å². The number of benzene rings is 1. The van der Waals surface area contributed by atoms with Gasteiger partial charge in [-0.15, -0.1) is 0 Å². The molecule has 1 aliphatic rings. The Hall–Kier alpha value is -2.41. The van der Waals surface area contributed by atoms with E-state index in [9.17, 15) is 14.4 Å². The van der Waals surface area contributed by atoms with E-state index in [0.717, 1.165) is 12.0 Å². The maximum absolute atomic E-state index is 12.3. The van der Waals surface area contributed by atoms with Crippen molar-refractivity contribution in [2.75, 3.05) is 19.6 Å². The molecule has 2 rings (SSSR count). The van der Waals surface area contributed by atoms with Gasteiger partial charge in [0, 0.05) is 25.2 Å². The lowest BCUT2D eigenvalue weighted by Gasteiger charge is -2.26. The normalized spacial score (nSPS) is 15.6. The van der Waals surface area contributed by atoms with Crippen molar-refractivity contribution in [1.82, 2.24) is 15.5 Å². The van der Waals surface area contributed by atoms with Crippen molar-refractivity contribution in [3.05, 3.63) is 35.4 Å². The summed E-state index contributed by atoms with van der Waals surface area (Å²) < 4.78 is 0. The lowest BCUT2D eigenvalue weighted by Crippen LogP contribution is -2.49. The molecule has 1 unspecified atom stereocenters. The summed E-state index contributed by atoms with van der Waals surface area (Å²) in [4.78, 5) is 37.0. The number of carbonyl (C=O) groups excluding carboxylic acids is 3. The van der Waals surface area contributed by atoms with E-state index in [1.54, 1.807) is 24.3 Å². The van der Waals surface area contributed by atoms with Gasteiger partial charge in [0.05, 0.1) is 12.6 Å². The summed E-state index contributed by atoms with van der Waals surface area (Å²) >= 11 is 0. The minimum atomic E-state index is -0.485. The Bertz CT molecular complexity index is 600. The van der Waals surface area contributed by atoms with E-state index in [2.05, 4.69) is 10.6 Å². The second-order valence-electron chi connectivity index (χ2n) is 5.89. The van der Waals surface area contributed by atoms with E-state index in [1.807, 2.05) is 6.92 Å². The largest absolute Gasteiger partial charge is 0.353 e. The Morgan fingerprint density at radius 2 is 2.04 bits per heavy atom. The average Bonchev–Trinajstić information content (AvgIpc) is 2.59. The molecule has 0 radical (unpaired) electrons. The zero-order chi connectivity index (χ0) is 17.5. The minimum Gasteiger partial charge on any atom is -0.353 e. The fraction of sp³-hybridized carbons (Fsp3) is 0.471. The molecule has 0 aliphatic carbocycles. The molecule has 7 nitrogen and oxygen atoms in total. The maximum Gasteiger partial charge on any atom is 0.254 e. The molecule has 24 heavy (non-hydrogen) atoms. The van der Waals surface area contributed by atoms with Gasteiger partial charge < -0.3 is 21.3 Å². The first-order valence-corrected chi connectivity index (χ1v) is 8.19. The summed E-state index contributed by atoms with van der Waals surface area (Å²) in [5, 5.41) is 5.48. The highest BCUT2D eigenvalue weighted by molar-refractivity contribution is 5.97. The van der Waals surface area contributed by atoms with Gasteiger partial charge in [0.2, 0.25) is 11.8 Å². The van der Waals surface area contributed by atoms with E-state index in [1.165, 1.54) is 4.90 Å². The maximum atomic E-state index is 12.3. The number of rotatable bonds is 6. The van der Waals surface area contributed by atoms with E-state index < -0.39 is 6.04 Å². The molecule has 1 fully saturated rings. The zero-order valence-electron chi connectivity index (χ0n) is 13.9. The van der Waals surface area contributed by atoms with Crippen molar-refractivity contribution in [2.24, 2.45) is 5.73 Å². The first kappa shape index (κ1) is 17.9. The molecule has 1 saturated heterocycles. The van der Waals surface area contributed by atoms with Crippen LogP contribution >= 0.6 is 0 Å². The van der Waals surface area contributed by atoms with Crippen LogP contribution in [-0.4, -0.2) is 48.3 Å². The van der Waals surface area contributed by atoms with Crippen LogP contribution in [0.1, 0.15) is 35.7 Å². The van der Waals surface area contributed by atoms with Gasteiger partial charge in [-0.1, -0.05) is 25.5 Å². The molecule has 0 saturated carbocycles. The Balaban J connectivity index is 1.89. The molecule has 1 aromatic carbocycles. The summed E-state index contributed by atoms with van der Waals surface area (Å²) in [6.07, 6.45) is 1.52. The SMILES string of the molecule is CCCC(N)C(=O)NCc1ccc(C(=O)N2CCNC(=O)C2)cc1. The summed E-state index contributed by atoms with van der Waals surface area (Å²) in [6.45, 7) is 3.43. The molecule has 0 aromatic heterocycles. The molecule has 1 heterocycles. The molecule has 3 amide bonds. The molecule has 130 valence electrons. The number of amides is 3. The smallest absolute Gasteiger partial charge is 0.254 e. The van der Waals surface area contributed by atoms with Crippen molar-refractivity contribution >= 4 is 17.7 Å². The number of carbonyl (C=O) groups is 3. The van der Waals surface area contributed by atoms with Crippen LogP contribution < -0.4 is 16.4 Å². The van der Waals surface area contributed by atoms with Crippen LogP contribution in [0.15, 0.2) is 24.3 Å². The lowest BCUT2D eigenvalue weighted by molar-refractivity contribution is -0.123. The van der Waals surface area contributed by atoms with Crippen molar-refractivity contribution in [3.8, 4) is 0 Å². The number of nitrogens with two attached hydrogens (primary N) is 1. The molecular weight excluding hydrogens is 308 g/mol. The van der Waals surface area contributed by atoms with E-state index in [0.29, 0.717) is 31.6 Å². The van der Waals surface area contributed by atoms with Gasteiger partial charge in [-0.3, -0.25) is 14.4 Å². The Morgan fingerprint density at radius 1 is 1.33 bits per heavy atom. The second kappa shape index (κ2) is 8.44. The second-order valence-corrected chi connectivity index (χ2v) is 5.89. The number of hydrogen-bond acceptors (Lipinski definition) is 4. The standard InChI is InChI=1S/C17H24N4O3/c1-2-3-14(18)16(23)20-10-12-4-6-13(7-5-12)17(24)21-9-8-19-15(22)11-21/h4-7,14H,2-3,8-11,18H2,1H3,(H,19,22)(H,20,23). The third-order valence-electron chi connectivity index (χ3n) is 3.93. The fourth-order valence-electron chi connectivity index (χ4n) is 2.52. The first-order valence-electron chi connectivity index (χ1n) is 8.19. The summed E-state index contributed by atoms with van der Waals surface area (Å²) in [6, 6.07) is 6.53. The van der Waals surface area contributed by atoms with Crippen LogP contribution in [0.4, 0.5) is 0 Å². The highest BCUT2D eigenvalue weighted by Crippen LogP contribution is 2.09. The predicted octanol–water partition coefficient (Wildman–Crippen LogP) is 0.00220. The van der Waals surface area contributed by atoms with E-state index in [-0.39, 0.29) is 24.3 Å². The average molecular weight is 332 g/mol. The fourth-order valence-corrected chi connectivity index (χ4v) is 2.52. The Morgan fingerprint density at radius 3 is 2.67 bits per heavy atom. The molecule has 0 bridgehead atoms. The molecule has 1 aliphatic heterocycles. The van der Waals surface area contributed by atoms with Gasteiger partial charge in [0.15, 0.2) is 0 Å². The Labute approximate surface area is 141 Å². The molecule has 7 heteroatoms. The quantitative estimate of drug-likeness (QED) is 0.682. The van der Waals surface area contributed by atoms with Crippen molar-refractivity contribution in [3.63, 3.8) is 0 Å². The molecule has 0 spiro atoms. The highest BCUT2D eigenvalue weighted by atomic mass is 16.2. The van der Waals surface area contributed by atoms with Crippen LogP contribution in [0.2, 0.25) is 0 Å². The van der Waals surface area contributed by atoms with Gasteiger partial charge >= 0.3 is 0 Å². The van der Waals surface area contributed by atoms with Crippen molar-refractivity contribution in [2.45, 2.75) is 32.4 Å². The van der Waals surface area contributed by atoms with Crippen LogP contribution in [0.3, 0.4) is 0 Å². The van der Waals surface area contributed by atoms with E-state index >= 15 is 0 Å². The van der Waals surface area contributed by atoms with Crippen molar-refractivity contribution < 1.29 is 14.4 Å². The van der Waals surface area contributed by atoms with Gasteiger partial charge in [0.25, 0.3) is 5.91 Å². The topological polar surface area (TPSA) is 105 Å². The van der Waals surface area contributed by atoms with Gasteiger partial charge in [0.1, 0.15) is 0 Å². The predicted molar refractivity (Wildman–Crippen MR) is 90.1 cm³/mol. The number of nitrogens with zero attached hydrogens (tertiary/aromatic N) is 1.